The predicted molar refractivity (Wildman–Crippen MR) is 117 cm³/mol. The van der Waals surface area contributed by atoms with E-state index in [0.717, 1.165) is 39.3 Å². The predicted octanol–water partition coefficient (Wildman–Crippen LogP) is 4.06. The molecular formula is C22H21BrN4O2. The molecule has 0 bridgehead atoms. The summed E-state index contributed by atoms with van der Waals surface area (Å²) in [6.07, 6.45) is 1.52. The number of likely N-dealkylation sites (tertiary alicyclic amines) is 1. The molecule has 2 aromatic carbocycles. The van der Waals surface area contributed by atoms with E-state index in [4.69, 9.17) is 0 Å². The van der Waals surface area contributed by atoms with Crippen molar-refractivity contribution in [1.29, 1.82) is 0 Å². The van der Waals surface area contributed by atoms with Crippen LogP contribution in [-0.2, 0) is 7.05 Å². The van der Waals surface area contributed by atoms with Crippen LogP contribution in [0.15, 0.2) is 57.8 Å². The van der Waals surface area contributed by atoms with E-state index in [0.29, 0.717) is 18.8 Å². The van der Waals surface area contributed by atoms with E-state index in [1.54, 1.807) is 0 Å². The van der Waals surface area contributed by atoms with Gasteiger partial charge in [-0.15, -0.1) is 0 Å². The average molecular weight is 453 g/mol. The minimum absolute atomic E-state index is 0.0281. The summed E-state index contributed by atoms with van der Waals surface area (Å²) < 4.78 is 4.65. The molecule has 1 aliphatic heterocycles. The van der Waals surface area contributed by atoms with E-state index < -0.39 is 0 Å². The summed E-state index contributed by atoms with van der Waals surface area (Å²) in [5.41, 5.74) is 3.42. The number of benzene rings is 2. The second-order valence-corrected chi connectivity index (χ2v) is 8.37. The summed E-state index contributed by atoms with van der Waals surface area (Å²) in [5, 5.41) is 1.04. The molecule has 0 spiro atoms. The molecule has 2 aromatic heterocycles. The van der Waals surface area contributed by atoms with Crippen LogP contribution in [0.3, 0.4) is 0 Å². The molecule has 29 heavy (non-hydrogen) atoms. The maximum absolute atomic E-state index is 13.3. The van der Waals surface area contributed by atoms with Gasteiger partial charge in [-0.3, -0.25) is 9.36 Å². The number of nitrogens with zero attached hydrogens (tertiary/aromatic N) is 3. The number of carbonyl (C=O) groups is 1. The first-order valence-electron chi connectivity index (χ1n) is 9.77. The molecule has 0 saturated carbocycles. The molecule has 3 heterocycles. The van der Waals surface area contributed by atoms with Crippen molar-refractivity contribution < 1.29 is 4.79 Å². The van der Waals surface area contributed by atoms with Crippen LogP contribution in [0, 0.1) is 0 Å². The topological polar surface area (TPSA) is 63.0 Å². The number of halogens is 1. The molecular weight excluding hydrogens is 432 g/mol. The quantitative estimate of drug-likeness (QED) is 0.498. The number of hydrogen-bond donors (Lipinski definition) is 1. The van der Waals surface area contributed by atoms with E-state index in [2.05, 4.69) is 20.9 Å². The van der Waals surface area contributed by atoms with Crippen molar-refractivity contribution in [2.45, 2.75) is 18.9 Å². The molecule has 0 aliphatic carbocycles. The van der Waals surface area contributed by atoms with Gasteiger partial charge < -0.3 is 14.5 Å². The fourth-order valence-electron chi connectivity index (χ4n) is 4.50. The lowest BCUT2D eigenvalue weighted by molar-refractivity contribution is 0.0685. The van der Waals surface area contributed by atoms with Gasteiger partial charge in [0.05, 0.1) is 15.5 Å². The van der Waals surface area contributed by atoms with E-state index in [-0.39, 0.29) is 17.6 Å². The lowest BCUT2D eigenvalue weighted by Crippen LogP contribution is -2.41. The number of H-pyrrole nitrogens is 1. The molecule has 148 valence electrons. The Morgan fingerprint density at radius 1 is 1.03 bits per heavy atom. The highest BCUT2D eigenvalue weighted by Crippen LogP contribution is 2.32. The van der Waals surface area contributed by atoms with E-state index in [9.17, 15) is 9.59 Å². The lowest BCUT2D eigenvalue weighted by Gasteiger charge is -2.32. The number of imidazole rings is 1. The molecule has 6 nitrogen and oxygen atoms in total. The van der Waals surface area contributed by atoms with Gasteiger partial charge in [-0.1, -0.05) is 30.3 Å². The fraction of sp³-hybridized carbons (Fsp3) is 0.273. The Labute approximate surface area is 175 Å². The van der Waals surface area contributed by atoms with Crippen molar-refractivity contribution in [3.05, 3.63) is 69.2 Å². The smallest absolute Gasteiger partial charge is 0.326 e. The summed E-state index contributed by atoms with van der Waals surface area (Å²) in [7, 11) is 1.93. The Bertz CT molecular complexity index is 1250. The first kappa shape index (κ1) is 18.2. The van der Waals surface area contributed by atoms with Gasteiger partial charge in [0, 0.05) is 37.1 Å². The van der Waals surface area contributed by atoms with Gasteiger partial charge in [0.2, 0.25) is 0 Å². The van der Waals surface area contributed by atoms with E-state index >= 15 is 0 Å². The monoisotopic (exact) mass is 452 g/mol. The van der Waals surface area contributed by atoms with Crippen molar-refractivity contribution in [2.24, 2.45) is 7.05 Å². The fourth-order valence-corrected chi connectivity index (χ4v) is 5.27. The third-order valence-corrected chi connectivity index (χ3v) is 6.79. The van der Waals surface area contributed by atoms with Crippen LogP contribution < -0.4 is 5.69 Å². The van der Waals surface area contributed by atoms with Gasteiger partial charge >= 0.3 is 5.69 Å². The van der Waals surface area contributed by atoms with Crippen LogP contribution in [0.5, 0.6) is 0 Å². The molecule has 1 saturated heterocycles. The number of fused-ring (bicyclic) bond motifs is 2. The van der Waals surface area contributed by atoms with Crippen LogP contribution in [0.2, 0.25) is 0 Å². The normalized spacial score (nSPS) is 15.4. The maximum Gasteiger partial charge on any atom is 0.326 e. The highest BCUT2D eigenvalue weighted by molar-refractivity contribution is 9.10. The molecule has 0 unspecified atom stereocenters. The number of piperidine rings is 1. The number of carbonyl (C=O) groups excluding carboxylic acids is 1. The molecule has 0 radical (unpaired) electrons. The van der Waals surface area contributed by atoms with Gasteiger partial charge in [0.25, 0.3) is 5.91 Å². The van der Waals surface area contributed by atoms with Gasteiger partial charge in [0.1, 0.15) is 5.69 Å². The SMILES string of the molecule is Cn1c(C(=O)N2CCC(n3c(=O)[nH]c4ccccc43)CC2)c(Br)c2ccccc21. The summed E-state index contributed by atoms with van der Waals surface area (Å²) in [4.78, 5) is 30.6. The van der Waals surface area contributed by atoms with Crippen molar-refractivity contribution in [2.75, 3.05) is 13.1 Å². The number of para-hydroxylation sites is 3. The lowest BCUT2D eigenvalue weighted by atomic mass is 10.0. The zero-order valence-corrected chi connectivity index (χ0v) is 17.6. The minimum atomic E-state index is -0.0765. The molecule has 1 aliphatic rings. The summed E-state index contributed by atoms with van der Waals surface area (Å²) >= 11 is 3.63. The Kier molecular flexibility index (Phi) is 4.35. The molecule has 1 amide bonds. The Balaban J connectivity index is 1.40. The highest BCUT2D eigenvalue weighted by atomic mass is 79.9. The van der Waals surface area contributed by atoms with E-state index in [1.807, 2.05) is 69.6 Å². The van der Waals surface area contributed by atoms with Crippen LogP contribution in [0.4, 0.5) is 0 Å². The van der Waals surface area contributed by atoms with Gasteiger partial charge in [0.15, 0.2) is 0 Å². The van der Waals surface area contributed by atoms with Crippen molar-refractivity contribution in [3.8, 4) is 0 Å². The molecule has 0 atom stereocenters. The van der Waals surface area contributed by atoms with Crippen LogP contribution in [0.25, 0.3) is 21.9 Å². The molecule has 1 N–H and O–H groups in total. The van der Waals surface area contributed by atoms with Crippen molar-refractivity contribution in [1.82, 2.24) is 19.0 Å². The molecule has 5 rings (SSSR count). The van der Waals surface area contributed by atoms with Crippen molar-refractivity contribution >= 4 is 43.8 Å². The first-order valence-corrected chi connectivity index (χ1v) is 10.6. The standard InChI is InChI=1S/C22H21BrN4O2/c1-25-17-8-4-2-6-15(17)19(23)20(25)21(28)26-12-10-14(11-13-26)27-18-9-5-3-7-16(18)24-22(27)29/h2-9,14H,10-13H2,1H3,(H,24,29). The summed E-state index contributed by atoms with van der Waals surface area (Å²) in [5.74, 6) is 0.0281. The zero-order valence-electron chi connectivity index (χ0n) is 16.1. The third kappa shape index (κ3) is 2.83. The number of hydrogen-bond acceptors (Lipinski definition) is 2. The average Bonchev–Trinajstić information content (AvgIpc) is 3.21. The first-order chi connectivity index (χ1) is 14.1. The second-order valence-electron chi connectivity index (χ2n) is 7.58. The largest absolute Gasteiger partial charge is 0.339 e. The Morgan fingerprint density at radius 2 is 1.69 bits per heavy atom. The zero-order chi connectivity index (χ0) is 20.1. The third-order valence-electron chi connectivity index (χ3n) is 5.99. The highest BCUT2D eigenvalue weighted by Gasteiger charge is 2.29. The second kappa shape index (κ2) is 6.91. The number of rotatable bonds is 2. The van der Waals surface area contributed by atoms with Crippen LogP contribution >= 0.6 is 15.9 Å². The van der Waals surface area contributed by atoms with Crippen LogP contribution in [-0.4, -0.2) is 38.0 Å². The van der Waals surface area contributed by atoms with Gasteiger partial charge in [-0.05, 0) is 47.0 Å². The Hall–Kier alpha value is -2.80. The minimum Gasteiger partial charge on any atom is -0.339 e. The number of amides is 1. The van der Waals surface area contributed by atoms with E-state index in [1.165, 1.54) is 0 Å². The maximum atomic E-state index is 13.3. The molecule has 1 fully saturated rings. The Morgan fingerprint density at radius 3 is 2.41 bits per heavy atom. The number of nitrogens with one attached hydrogen (secondary N) is 1. The number of aryl methyl sites for hydroxylation is 1. The van der Waals surface area contributed by atoms with Crippen LogP contribution in [0.1, 0.15) is 29.4 Å². The summed E-state index contributed by atoms with van der Waals surface area (Å²) in [6, 6.07) is 15.9. The summed E-state index contributed by atoms with van der Waals surface area (Å²) in [6.45, 7) is 1.26. The number of aromatic amines is 1. The van der Waals surface area contributed by atoms with Gasteiger partial charge in [-0.25, -0.2) is 4.79 Å². The number of aromatic nitrogens is 3. The van der Waals surface area contributed by atoms with Gasteiger partial charge in [-0.2, -0.15) is 0 Å². The molecule has 7 heteroatoms. The van der Waals surface area contributed by atoms with Crippen molar-refractivity contribution in [3.63, 3.8) is 0 Å². The molecule has 4 aromatic rings.